The Kier molecular flexibility index (Phi) is 3.97. The lowest BCUT2D eigenvalue weighted by Crippen LogP contribution is -2.12. The molecule has 2 heteroatoms. The van der Waals surface area contributed by atoms with Gasteiger partial charge in [0.05, 0.1) is 0 Å². The molecule has 1 N–H and O–H groups in total. The molecular formula is C7H12O2. The molecule has 0 amide bonds. The predicted octanol–water partition coefficient (Wildman–Crippen LogP) is 0.903. The van der Waals surface area contributed by atoms with Crippen LogP contribution in [0.3, 0.4) is 0 Å². The molecule has 52 valence electrons. The fourth-order valence-corrected chi connectivity index (χ4v) is 0.400. The van der Waals surface area contributed by atoms with Crippen LogP contribution in [0.2, 0.25) is 0 Å². The second-order valence-corrected chi connectivity index (χ2v) is 1.89. The molecule has 0 aliphatic rings. The number of carbonyl (C=O) groups is 1. The van der Waals surface area contributed by atoms with Gasteiger partial charge in [-0.15, -0.1) is 0 Å². The lowest BCUT2D eigenvalue weighted by molar-refractivity contribution is -0.122. The van der Waals surface area contributed by atoms with Crippen LogP contribution in [0.1, 0.15) is 20.3 Å². The zero-order valence-corrected chi connectivity index (χ0v) is 5.79. The van der Waals surface area contributed by atoms with E-state index in [1.165, 1.54) is 13.0 Å². The van der Waals surface area contributed by atoms with Crippen LogP contribution < -0.4 is 0 Å². The molecule has 0 radical (unpaired) electrons. The van der Waals surface area contributed by atoms with Gasteiger partial charge in [0.2, 0.25) is 0 Å². The van der Waals surface area contributed by atoms with Crippen LogP contribution in [0.5, 0.6) is 0 Å². The molecule has 0 saturated carbocycles. The lowest BCUT2D eigenvalue weighted by Gasteiger charge is -1.95. The number of aliphatic hydroxyl groups is 1. The summed E-state index contributed by atoms with van der Waals surface area (Å²) >= 11 is 0. The van der Waals surface area contributed by atoms with Crippen molar-refractivity contribution in [2.45, 2.75) is 26.4 Å². The van der Waals surface area contributed by atoms with E-state index in [0.29, 0.717) is 0 Å². The van der Waals surface area contributed by atoms with Gasteiger partial charge in [-0.25, -0.2) is 0 Å². The first kappa shape index (κ1) is 8.37. The quantitative estimate of drug-likeness (QED) is 0.573. The number of hydrogen-bond acceptors (Lipinski definition) is 2. The van der Waals surface area contributed by atoms with E-state index >= 15 is 0 Å². The molecule has 0 aromatic heterocycles. The Morgan fingerprint density at radius 1 is 1.78 bits per heavy atom. The van der Waals surface area contributed by atoms with Crippen molar-refractivity contribution in [1.82, 2.24) is 0 Å². The number of ketones is 1. The van der Waals surface area contributed by atoms with E-state index in [2.05, 4.69) is 0 Å². The van der Waals surface area contributed by atoms with E-state index < -0.39 is 6.10 Å². The second-order valence-electron chi connectivity index (χ2n) is 1.89. The highest BCUT2D eigenvalue weighted by molar-refractivity contribution is 5.81. The summed E-state index contributed by atoms with van der Waals surface area (Å²) in [7, 11) is 0. The van der Waals surface area contributed by atoms with Gasteiger partial charge in [0, 0.05) is 0 Å². The van der Waals surface area contributed by atoms with Crippen LogP contribution in [0.15, 0.2) is 12.2 Å². The minimum absolute atomic E-state index is 0.209. The maximum atomic E-state index is 10.3. The number of allylic oxidation sites excluding steroid dienone is 1. The average Bonchev–Trinajstić information content (AvgIpc) is 1.82. The summed E-state index contributed by atoms with van der Waals surface area (Å²) < 4.78 is 0. The Morgan fingerprint density at radius 2 is 2.33 bits per heavy atom. The predicted molar refractivity (Wildman–Crippen MR) is 36.1 cm³/mol. The summed E-state index contributed by atoms with van der Waals surface area (Å²) in [5, 5.41) is 8.82. The van der Waals surface area contributed by atoms with E-state index in [-0.39, 0.29) is 5.78 Å². The van der Waals surface area contributed by atoms with Crippen molar-refractivity contribution in [2.75, 3.05) is 0 Å². The van der Waals surface area contributed by atoms with Crippen LogP contribution in [0.4, 0.5) is 0 Å². The zero-order valence-electron chi connectivity index (χ0n) is 5.79. The summed E-state index contributed by atoms with van der Waals surface area (Å²) in [5.74, 6) is -0.209. The largest absolute Gasteiger partial charge is 0.381 e. The van der Waals surface area contributed by atoms with Crippen molar-refractivity contribution in [1.29, 1.82) is 0 Å². The fraction of sp³-hybridized carbons (Fsp3) is 0.571. The SMILES string of the molecule is CCC=CC(O)C(C)=O. The summed E-state index contributed by atoms with van der Waals surface area (Å²) in [6, 6.07) is 0. The maximum Gasteiger partial charge on any atom is 0.162 e. The van der Waals surface area contributed by atoms with Crippen molar-refractivity contribution in [3.05, 3.63) is 12.2 Å². The van der Waals surface area contributed by atoms with Gasteiger partial charge in [-0.2, -0.15) is 0 Å². The summed E-state index contributed by atoms with van der Waals surface area (Å²) in [4.78, 5) is 10.3. The first-order valence-electron chi connectivity index (χ1n) is 3.03. The molecule has 0 saturated heterocycles. The third-order valence-electron chi connectivity index (χ3n) is 0.971. The van der Waals surface area contributed by atoms with Crippen LogP contribution in [-0.2, 0) is 4.79 Å². The third-order valence-corrected chi connectivity index (χ3v) is 0.971. The Bertz CT molecular complexity index is 116. The third kappa shape index (κ3) is 3.91. The van der Waals surface area contributed by atoms with E-state index in [4.69, 9.17) is 5.11 Å². The maximum absolute atomic E-state index is 10.3. The summed E-state index contributed by atoms with van der Waals surface area (Å²) in [5.41, 5.74) is 0. The van der Waals surface area contributed by atoms with Gasteiger partial charge >= 0.3 is 0 Å². The number of hydrogen-bond donors (Lipinski definition) is 1. The molecule has 0 spiro atoms. The standard InChI is InChI=1S/C7H12O2/c1-3-4-5-7(9)6(2)8/h4-5,7,9H,3H2,1-2H3. The first-order chi connectivity index (χ1) is 4.18. The molecular weight excluding hydrogens is 116 g/mol. The van der Waals surface area contributed by atoms with Crippen LogP contribution in [0.25, 0.3) is 0 Å². The summed E-state index contributed by atoms with van der Waals surface area (Å²) in [6.07, 6.45) is 3.23. The number of rotatable bonds is 3. The molecule has 0 aromatic rings. The topological polar surface area (TPSA) is 37.3 Å². The van der Waals surface area contributed by atoms with Gasteiger partial charge in [-0.05, 0) is 13.3 Å². The highest BCUT2D eigenvalue weighted by Gasteiger charge is 2.01. The molecule has 0 aromatic carbocycles. The van der Waals surface area contributed by atoms with E-state index in [9.17, 15) is 4.79 Å². The Hall–Kier alpha value is -0.630. The van der Waals surface area contributed by atoms with E-state index in [1.807, 2.05) is 6.92 Å². The van der Waals surface area contributed by atoms with E-state index in [0.717, 1.165) is 6.42 Å². The smallest absolute Gasteiger partial charge is 0.162 e. The average molecular weight is 128 g/mol. The normalized spacial score (nSPS) is 14.1. The Labute approximate surface area is 55.2 Å². The highest BCUT2D eigenvalue weighted by Crippen LogP contribution is 1.88. The number of Topliss-reactive ketones (excluding diaryl/α,β-unsaturated/α-hetero) is 1. The first-order valence-corrected chi connectivity index (χ1v) is 3.03. The highest BCUT2D eigenvalue weighted by atomic mass is 16.3. The number of aliphatic hydroxyl groups excluding tert-OH is 1. The molecule has 9 heavy (non-hydrogen) atoms. The van der Waals surface area contributed by atoms with Crippen molar-refractivity contribution in [3.8, 4) is 0 Å². The van der Waals surface area contributed by atoms with Gasteiger partial charge < -0.3 is 5.11 Å². The van der Waals surface area contributed by atoms with Gasteiger partial charge in [0.1, 0.15) is 6.10 Å². The molecule has 2 nitrogen and oxygen atoms in total. The molecule has 0 heterocycles. The Morgan fingerprint density at radius 3 is 2.67 bits per heavy atom. The lowest BCUT2D eigenvalue weighted by atomic mass is 10.2. The monoisotopic (exact) mass is 128 g/mol. The Balaban J connectivity index is 3.62. The van der Waals surface area contributed by atoms with Crippen molar-refractivity contribution in [2.24, 2.45) is 0 Å². The minimum Gasteiger partial charge on any atom is -0.381 e. The van der Waals surface area contributed by atoms with Crippen molar-refractivity contribution < 1.29 is 9.90 Å². The molecule has 0 bridgehead atoms. The van der Waals surface area contributed by atoms with Crippen LogP contribution in [-0.4, -0.2) is 17.0 Å². The second kappa shape index (κ2) is 4.27. The van der Waals surface area contributed by atoms with Gasteiger partial charge in [-0.1, -0.05) is 19.1 Å². The molecule has 0 fully saturated rings. The van der Waals surface area contributed by atoms with Gasteiger partial charge in [0.25, 0.3) is 0 Å². The van der Waals surface area contributed by atoms with Crippen molar-refractivity contribution in [3.63, 3.8) is 0 Å². The van der Waals surface area contributed by atoms with Crippen LogP contribution >= 0.6 is 0 Å². The molecule has 0 rings (SSSR count). The molecule has 0 aliphatic heterocycles. The molecule has 1 unspecified atom stereocenters. The van der Waals surface area contributed by atoms with Crippen molar-refractivity contribution >= 4 is 5.78 Å². The van der Waals surface area contributed by atoms with Crippen LogP contribution in [0, 0.1) is 0 Å². The zero-order chi connectivity index (χ0) is 7.28. The van der Waals surface area contributed by atoms with E-state index in [1.54, 1.807) is 6.08 Å². The fourth-order valence-electron chi connectivity index (χ4n) is 0.400. The summed E-state index contributed by atoms with van der Waals surface area (Å²) in [6.45, 7) is 3.31. The van der Waals surface area contributed by atoms with Gasteiger partial charge in [0.15, 0.2) is 5.78 Å². The molecule has 1 atom stereocenters. The minimum atomic E-state index is -0.898. The molecule has 0 aliphatic carbocycles. The number of carbonyl (C=O) groups excluding carboxylic acids is 1. The van der Waals surface area contributed by atoms with Gasteiger partial charge in [-0.3, -0.25) is 4.79 Å².